The minimum absolute atomic E-state index is 0.0139. The highest BCUT2D eigenvalue weighted by Crippen LogP contribution is 2.55. The average Bonchev–Trinajstić information content (AvgIpc) is 4.16. The summed E-state index contributed by atoms with van der Waals surface area (Å²) in [7, 11) is -4.70. The predicted molar refractivity (Wildman–Crippen MR) is 269 cm³/mol. The minimum Gasteiger partial charge on any atom is -0.491 e. The van der Waals surface area contributed by atoms with Gasteiger partial charge in [0.2, 0.25) is 5.88 Å². The first-order valence-electron chi connectivity index (χ1n) is 25.4. The molecule has 4 saturated heterocycles. The molecular formula is C52H61N9O10S. The number of amides is 1. The van der Waals surface area contributed by atoms with Crippen molar-refractivity contribution in [3.63, 3.8) is 0 Å². The number of benzene rings is 3. The zero-order chi connectivity index (χ0) is 49.3. The van der Waals surface area contributed by atoms with Crippen LogP contribution in [0.1, 0.15) is 74.3 Å². The van der Waals surface area contributed by atoms with E-state index in [4.69, 9.17) is 28.7 Å². The van der Waals surface area contributed by atoms with E-state index in [1.165, 1.54) is 18.1 Å². The largest absolute Gasteiger partial charge is 0.491 e. The number of nitrogens with zero attached hydrogens (tertiary/aromatic N) is 6. The number of nitro groups is 1. The molecule has 3 aromatic carbocycles. The normalized spacial score (nSPS) is 24.2. The standard InChI is InChI=1S/C52H61N9O10S/c1-32(2)70-45-8-4-3-6-38(45)40-7-5-15-59(40)36-26-52(27-36)12-16-58(17-13-52)35-9-10-39(41(23-35)60-43-22-33-11-14-53-49(33)55-51(43)71-47-31-68-30-44(47)60)50(62)56-72(65,66)37-24-42(61(63)64)48-46(25-37)69-29-34(54-48)28-57-18-20-67-21-19-57/h3-4,6,8-11,14,22-25,32,34,36,40,44,47,54H,5,7,12-13,15-21,26-31H2,1-2H3,(H,53,55)(H,56,62)/t34-,40+,44-,47-/m1/s1. The van der Waals surface area contributed by atoms with Gasteiger partial charge in [0.05, 0.1) is 65.7 Å². The Kier molecular flexibility index (Phi) is 12.2. The Morgan fingerprint density at radius 3 is 2.60 bits per heavy atom. The van der Waals surface area contributed by atoms with Gasteiger partial charge in [0.1, 0.15) is 29.8 Å². The van der Waals surface area contributed by atoms with Gasteiger partial charge >= 0.3 is 0 Å². The van der Waals surface area contributed by atoms with Crippen LogP contribution in [0.25, 0.3) is 11.0 Å². The molecule has 4 atom stereocenters. The first-order valence-corrected chi connectivity index (χ1v) is 26.9. The SMILES string of the molecule is CC(C)Oc1ccccc1[C@@H]1CCCN1C1CC2(CCN(c3ccc(C(=O)NS(=O)(=O)c4cc5c(c([N+](=O)[O-])c4)N[C@H](CN4CCOCC4)CO5)c(N4c5cc6cc[nH]c6nc5O[C@@H]5COC[C@H]54)c3)CC2)C1. The molecule has 0 unspecified atom stereocenters. The van der Waals surface area contributed by atoms with E-state index < -0.39 is 37.5 Å². The van der Waals surface area contributed by atoms with Crippen LogP contribution in [-0.4, -0.2) is 142 Å². The van der Waals surface area contributed by atoms with E-state index in [0.717, 1.165) is 87.7 Å². The fourth-order valence-electron chi connectivity index (χ4n) is 12.3. The molecule has 5 fully saturated rings. The van der Waals surface area contributed by atoms with Crippen LogP contribution in [0, 0.1) is 15.5 Å². The molecule has 6 aliphatic heterocycles. The number of aromatic nitrogens is 2. The molecule has 5 aromatic rings. The van der Waals surface area contributed by atoms with Gasteiger partial charge < -0.3 is 43.8 Å². The number of H-pyrrole nitrogens is 1. The number of morpholine rings is 1. The number of aromatic amines is 1. The molecule has 7 aliphatic rings. The smallest absolute Gasteiger partial charge is 0.297 e. The number of pyridine rings is 1. The van der Waals surface area contributed by atoms with Gasteiger partial charge in [-0.25, -0.2) is 13.1 Å². The number of hydrogen-bond acceptors (Lipinski definition) is 16. The summed E-state index contributed by atoms with van der Waals surface area (Å²) in [6, 6.07) is 20.3. The molecule has 380 valence electrons. The lowest BCUT2D eigenvalue weighted by atomic mass is 9.60. The highest BCUT2D eigenvalue weighted by molar-refractivity contribution is 7.90. The lowest BCUT2D eigenvalue weighted by molar-refractivity contribution is -0.384. The zero-order valence-electron chi connectivity index (χ0n) is 40.6. The number of anilines is 4. The number of rotatable bonds is 12. The van der Waals surface area contributed by atoms with Crippen molar-refractivity contribution in [3.05, 3.63) is 94.2 Å². The first-order chi connectivity index (χ1) is 34.9. The minimum atomic E-state index is -4.70. The average molecular weight is 1000 g/mol. The Bertz CT molecular complexity index is 3000. The molecule has 20 heteroatoms. The van der Waals surface area contributed by atoms with Crippen molar-refractivity contribution < 1.29 is 41.8 Å². The molecule has 0 bridgehead atoms. The first kappa shape index (κ1) is 46.9. The molecule has 1 amide bonds. The van der Waals surface area contributed by atoms with Crippen molar-refractivity contribution in [2.45, 2.75) is 93.6 Å². The second-order valence-corrected chi connectivity index (χ2v) is 22.5. The molecule has 1 aliphatic carbocycles. The molecule has 12 rings (SSSR count). The van der Waals surface area contributed by atoms with Gasteiger partial charge in [-0.3, -0.25) is 24.7 Å². The van der Waals surface area contributed by atoms with Crippen LogP contribution in [0.2, 0.25) is 0 Å². The van der Waals surface area contributed by atoms with Crippen LogP contribution in [0.3, 0.4) is 0 Å². The summed E-state index contributed by atoms with van der Waals surface area (Å²) in [4.78, 5) is 43.4. The number of ether oxygens (including phenoxy) is 5. The summed E-state index contributed by atoms with van der Waals surface area (Å²) < 4.78 is 61.1. The second-order valence-electron chi connectivity index (χ2n) is 20.8. The fourth-order valence-corrected chi connectivity index (χ4v) is 13.3. The molecule has 1 saturated carbocycles. The Morgan fingerprint density at radius 1 is 0.972 bits per heavy atom. The van der Waals surface area contributed by atoms with Crippen molar-refractivity contribution >= 4 is 55.4 Å². The molecule has 72 heavy (non-hydrogen) atoms. The van der Waals surface area contributed by atoms with E-state index in [1.807, 2.05) is 29.2 Å². The summed E-state index contributed by atoms with van der Waals surface area (Å²) in [5.41, 5.74) is 3.86. The third-order valence-electron chi connectivity index (χ3n) is 15.9. The maximum absolute atomic E-state index is 14.7. The summed E-state index contributed by atoms with van der Waals surface area (Å²) in [6.45, 7) is 10.8. The van der Waals surface area contributed by atoms with Crippen LogP contribution in [0.15, 0.2) is 77.8 Å². The number of hydrogen-bond donors (Lipinski definition) is 3. The Hall–Kier alpha value is -6.19. The monoisotopic (exact) mass is 1000 g/mol. The molecular weight excluding hydrogens is 943 g/mol. The summed E-state index contributed by atoms with van der Waals surface area (Å²) >= 11 is 0. The van der Waals surface area contributed by atoms with Gasteiger partial charge in [-0.1, -0.05) is 18.2 Å². The van der Waals surface area contributed by atoms with Crippen LogP contribution < -0.4 is 34.0 Å². The fraction of sp³-hybridized carbons (Fsp3) is 0.500. The molecule has 19 nitrogen and oxygen atoms in total. The Balaban J connectivity index is 0.817. The van der Waals surface area contributed by atoms with Crippen LogP contribution in [0.5, 0.6) is 17.4 Å². The number of piperidine rings is 1. The zero-order valence-corrected chi connectivity index (χ0v) is 41.4. The third kappa shape index (κ3) is 8.73. The maximum atomic E-state index is 14.7. The van der Waals surface area contributed by atoms with Crippen LogP contribution >= 0.6 is 0 Å². The summed E-state index contributed by atoms with van der Waals surface area (Å²) in [6.07, 6.45) is 8.16. The lowest BCUT2D eigenvalue weighted by Crippen LogP contribution is -2.55. The molecule has 0 radical (unpaired) electrons. The van der Waals surface area contributed by atoms with Crippen molar-refractivity contribution in [3.8, 4) is 17.4 Å². The molecule has 1 spiro atoms. The summed E-state index contributed by atoms with van der Waals surface area (Å²) in [5.74, 6) is 0.459. The number of nitrogens with one attached hydrogen (secondary N) is 3. The highest BCUT2D eigenvalue weighted by atomic mass is 32.2. The van der Waals surface area contributed by atoms with Crippen molar-refractivity contribution in [2.24, 2.45) is 5.41 Å². The number of sulfonamides is 1. The number of carbonyl (C=O) groups is 1. The maximum Gasteiger partial charge on any atom is 0.297 e. The van der Waals surface area contributed by atoms with Gasteiger partial charge in [0, 0.05) is 79.8 Å². The van der Waals surface area contributed by atoms with E-state index in [0.29, 0.717) is 68.0 Å². The number of likely N-dealkylation sites (tertiary alicyclic amines) is 1. The van der Waals surface area contributed by atoms with Crippen molar-refractivity contribution in [2.75, 3.05) is 87.4 Å². The molecule has 3 N–H and O–H groups in total. The van der Waals surface area contributed by atoms with Gasteiger partial charge in [0.15, 0.2) is 11.4 Å². The Labute approximate surface area is 418 Å². The molecule has 8 heterocycles. The topological polar surface area (TPSA) is 206 Å². The quantitative estimate of drug-likeness (QED) is 0.0872. The Morgan fingerprint density at radius 2 is 1.79 bits per heavy atom. The van der Waals surface area contributed by atoms with Gasteiger partial charge in [-0.05, 0) is 101 Å². The van der Waals surface area contributed by atoms with Crippen LogP contribution in [0.4, 0.5) is 28.4 Å². The highest BCUT2D eigenvalue weighted by Gasteiger charge is 2.50. The van der Waals surface area contributed by atoms with E-state index in [1.54, 1.807) is 12.3 Å². The summed E-state index contributed by atoms with van der Waals surface area (Å²) in [5, 5.41) is 16.6. The van der Waals surface area contributed by atoms with Crippen molar-refractivity contribution in [1.29, 1.82) is 0 Å². The van der Waals surface area contributed by atoms with Crippen molar-refractivity contribution in [1.82, 2.24) is 24.5 Å². The van der Waals surface area contributed by atoms with E-state index in [2.05, 4.69) is 67.8 Å². The lowest BCUT2D eigenvalue weighted by Gasteiger charge is -2.56. The number of fused-ring (bicyclic) bond motifs is 4. The number of carbonyl (C=O) groups excluding carboxylic acids is 1. The number of para-hydroxylation sites is 1. The predicted octanol–water partition coefficient (Wildman–Crippen LogP) is 6.77. The second kappa shape index (κ2) is 18.7. The van der Waals surface area contributed by atoms with E-state index in [9.17, 15) is 23.3 Å². The molecule has 2 aromatic heterocycles. The van der Waals surface area contributed by atoms with Gasteiger partial charge in [-0.2, -0.15) is 4.98 Å². The van der Waals surface area contributed by atoms with Gasteiger partial charge in [0.25, 0.3) is 21.6 Å². The van der Waals surface area contributed by atoms with E-state index in [-0.39, 0.29) is 47.2 Å². The van der Waals surface area contributed by atoms with Gasteiger partial charge in [-0.15, -0.1) is 0 Å². The number of nitro benzene ring substituents is 1. The van der Waals surface area contributed by atoms with E-state index >= 15 is 0 Å². The van der Waals surface area contributed by atoms with Crippen LogP contribution in [-0.2, 0) is 19.5 Å². The third-order valence-corrected chi connectivity index (χ3v) is 17.2.